The van der Waals surface area contributed by atoms with Gasteiger partial charge < -0.3 is 77.2 Å². The molecule has 36 heavy (non-hydrogen) atoms. The normalized spacial score (nSPS) is 50.0. The van der Waals surface area contributed by atoms with E-state index in [1.807, 2.05) is 0 Å². The number of hydrogen-bond donors (Lipinski definition) is 11. The second-order valence-electron chi connectivity index (χ2n) is 9.43. The first-order chi connectivity index (χ1) is 16.9. The summed E-state index contributed by atoms with van der Waals surface area (Å²) < 4.78 is 22.4. The Labute approximate surface area is 206 Å². The summed E-state index contributed by atoms with van der Waals surface area (Å²) in [7, 11) is 0. The molecule has 3 rings (SSSR count). The molecule has 1 amide bonds. The van der Waals surface area contributed by atoms with E-state index in [2.05, 4.69) is 5.32 Å². The van der Waals surface area contributed by atoms with Crippen LogP contribution < -0.4 is 22.5 Å². The van der Waals surface area contributed by atoms with Crippen LogP contribution in [0.4, 0.5) is 0 Å². The van der Waals surface area contributed by atoms with Crippen molar-refractivity contribution in [2.45, 2.75) is 105 Å². The Balaban J connectivity index is 1.81. The van der Waals surface area contributed by atoms with E-state index >= 15 is 0 Å². The topological polar surface area (TPSA) is 286 Å². The standard InChI is InChI=1S/C20H38N4O12/c1-5(26)24-7-2-6(22)17(35-19-13(29)10(23)11(27)9(4-25)34-19)16(32)18(7)36-20-15(31)14(30)12(28)8(3-21)33-20/h6-20,25,27-32H,2-4,21-23H2,1H3,(H,24,26)/t6-,7+,8-,9-,10+,11-,12-,13-,14+,15-,16-,17+,18-,19-,20-/m1/s1. The first-order valence-corrected chi connectivity index (χ1v) is 11.7. The van der Waals surface area contributed by atoms with Gasteiger partial charge in [0.15, 0.2) is 12.6 Å². The minimum atomic E-state index is -1.73. The summed E-state index contributed by atoms with van der Waals surface area (Å²) in [4.78, 5) is 11.8. The molecule has 3 aliphatic rings. The quantitative estimate of drug-likeness (QED) is 0.147. The Morgan fingerprint density at radius 3 is 2.03 bits per heavy atom. The van der Waals surface area contributed by atoms with Crippen LogP contribution in [0, 0.1) is 0 Å². The SMILES string of the molecule is CC(=O)N[C@H]1C[C@@H](N)[C@H](O[C@H]2O[C@H](CO)[C@@H](O)[C@H](N)[C@H]2O)[C@@H](O)[C@@H]1O[C@H]1O[C@H](CN)[C@@H](O)[C@H](O)[C@H]1O. The molecule has 0 aromatic rings. The summed E-state index contributed by atoms with van der Waals surface area (Å²) in [5.41, 5.74) is 17.6. The van der Waals surface area contributed by atoms with E-state index in [4.69, 9.17) is 36.1 Å². The third kappa shape index (κ3) is 5.97. The Kier molecular flexibility index (Phi) is 9.97. The summed E-state index contributed by atoms with van der Waals surface area (Å²) in [5.74, 6) is -0.468. The van der Waals surface area contributed by atoms with Gasteiger partial charge in [0.05, 0.1) is 18.7 Å². The highest BCUT2D eigenvalue weighted by atomic mass is 16.7. The molecule has 2 saturated heterocycles. The number of aliphatic hydroxyl groups excluding tert-OH is 7. The zero-order valence-electron chi connectivity index (χ0n) is 19.7. The van der Waals surface area contributed by atoms with Crippen LogP contribution in [0.2, 0.25) is 0 Å². The lowest BCUT2D eigenvalue weighted by atomic mass is 9.83. The van der Waals surface area contributed by atoms with Crippen LogP contribution in [-0.4, -0.2) is 147 Å². The molecule has 3 fully saturated rings. The number of rotatable bonds is 7. The second kappa shape index (κ2) is 12.2. The first-order valence-electron chi connectivity index (χ1n) is 11.7. The lowest BCUT2D eigenvalue weighted by molar-refractivity contribution is -0.332. The Hall–Kier alpha value is -1.09. The van der Waals surface area contributed by atoms with Crippen LogP contribution in [0.1, 0.15) is 13.3 Å². The highest BCUT2D eigenvalue weighted by molar-refractivity contribution is 5.73. The van der Waals surface area contributed by atoms with Crippen LogP contribution in [0.15, 0.2) is 0 Å². The van der Waals surface area contributed by atoms with Crippen LogP contribution in [0.25, 0.3) is 0 Å². The molecule has 0 spiro atoms. The molecular formula is C20H38N4O12. The minimum Gasteiger partial charge on any atom is -0.394 e. The zero-order valence-corrected chi connectivity index (χ0v) is 19.7. The maximum atomic E-state index is 11.8. The number of amides is 1. The second-order valence-corrected chi connectivity index (χ2v) is 9.43. The van der Waals surface area contributed by atoms with Crippen molar-refractivity contribution in [3.05, 3.63) is 0 Å². The van der Waals surface area contributed by atoms with Crippen molar-refractivity contribution < 1.29 is 59.5 Å². The molecule has 0 aromatic heterocycles. The largest absolute Gasteiger partial charge is 0.394 e. The van der Waals surface area contributed by atoms with Gasteiger partial charge in [-0.05, 0) is 6.42 Å². The van der Waals surface area contributed by atoms with Gasteiger partial charge in [0.1, 0.15) is 61.0 Å². The molecule has 210 valence electrons. The third-order valence-electron chi connectivity index (χ3n) is 6.83. The maximum absolute atomic E-state index is 11.8. The zero-order chi connectivity index (χ0) is 26.9. The van der Waals surface area contributed by atoms with E-state index < -0.39 is 104 Å². The van der Waals surface area contributed by atoms with Gasteiger partial charge in [0.2, 0.25) is 5.91 Å². The lowest BCUT2D eigenvalue weighted by Crippen LogP contribution is -2.69. The van der Waals surface area contributed by atoms with Crippen LogP contribution in [0.3, 0.4) is 0 Å². The predicted molar refractivity (Wildman–Crippen MR) is 117 cm³/mol. The fourth-order valence-electron chi connectivity index (χ4n) is 4.76. The fraction of sp³-hybridized carbons (Fsp3) is 0.950. The van der Waals surface area contributed by atoms with Gasteiger partial charge in [-0.15, -0.1) is 0 Å². The summed E-state index contributed by atoms with van der Waals surface area (Å²) in [6.45, 7) is 0.408. The van der Waals surface area contributed by atoms with E-state index in [-0.39, 0.29) is 13.0 Å². The average molecular weight is 527 g/mol. The molecule has 0 aromatic carbocycles. The van der Waals surface area contributed by atoms with E-state index in [0.717, 1.165) is 0 Å². The average Bonchev–Trinajstić information content (AvgIpc) is 2.83. The van der Waals surface area contributed by atoms with Crippen molar-refractivity contribution in [2.75, 3.05) is 13.2 Å². The van der Waals surface area contributed by atoms with E-state index in [0.29, 0.717) is 0 Å². The van der Waals surface area contributed by atoms with Crippen molar-refractivity contribution in [3.63, 3.8) is 0 Å². The predicted octanol–water partition coefficient (Wildman–Crippen LogP) is -7.11. The Morgan fingerprint density at radius 2 is 1.44 bits per heavy atom. The Bertz CT molecular complexity index is 735. The lowest BCUT2D eigenvalue weighted by Gasteiger charge is -2.48. The van der Waals surface area contributed by atoms with Gasteiger partial charge in [0.25, 0.3) is 0 Å². The molecule has 0 radical (unpaired) electrons. The number of hydrogen-bond acceptors (Lipinski definition) is 15. The molecular weight excluding hydrogens is 488 g/mol. The molecule has 16 nitrogen and oxygen atoms in total. The van der Waals surface area contributed by atoms with Gasteiger partial charge in [0, 0.05) is 19.5 Å². The molecule has 1 aliphatic carbocycles. The highest BCUT2D eigenvalue weighted by Crippen LogP contribution is 2.32. The molecule has 2 aliphatic heterocycles. The third-order valence-corrected chi connectivity index (χ3v) is 6.83. The maximum Gasteiger partial charge on any atom is 0.217 e. The fourth-order valence-corrected chi connectivity index (χ4v) is 4.76. The van der Waals surface area contributed by atoms with Gasteiger partial charge in [-0.3, -0.25) is 4.79 Å². The first kappa shape index (κ1) is 29.5. The summed E-state index contributed by atoms with van der Waals surface area (Å²) >= 11 is 0. The number of carbonyl (C=O) groups excluding carboxylic acids is 1. The number of carbonyl (C=O) groups is 1. The summed E-state index contributed by atoms with van der Waals surface area (Å²) in [5, 5.41) is 74.3. The van der Waals surface area contributed by atoms with E-state index in [1.54, 1.807) is 0 Å². The van der Waals surface area contributed by atoms with Crippen LogP contribution >= 0.6 is 0 Å². The smallest absolute Gasteiger partial charge is 0.217 e. The van der Waals surface area contributed by atoms with Crippen LogP contribution in [0.5, 0.6) is 0 Å². The molecule has 0 unspecified atom stereocenters. The monoisotopic (exact) mass is 526 g/mol. The molecule has 15 atom stereocenters. The van der Waals surface area contributed by atoms with Crippen molar-refractivity contribution in [3.8, 4) is 0 Å². The van der Waals surface area contributed by atoms with Crippen molar-refractivity contribution >= 4 is 5.91 Å². The number of nitrogens with two attached hydrogens (primary N) is 3. The molecule has 16 heteroatoms. The van der Waals surface area contributed by atoms with Gasteiger partial charge >= 0.3 is 0 Å². The summed E-state index contributed by atoms with van der Waals surface area (Å²) in [6.07, 6.45) is -17.3. The summed E-state index contributed by atoms with van der Waals surface area (Å²) in [6, 6.07) is -3.05. The molecule has 14 N–H and O–H groups in total. The Morgan fingerprint density at radius 1 is 0.861 bits per heavy atom. The van der Waals surface area contributed by atoms with E-state index in [1.165, 1.54) is 6.92 Å². The van der Waals surface area contributed by atoms with Gasteiger partial charge in [-0.1, -0.05) is 0 Å². The molecule has 1 saturated carbocycles. The van der Waals surface area contributed by atoms with Crippen molar-refractivity contribution in [1.29, 1.82) is 0 Å². The number of nitrogens with one attached hydrogen (secondary N) is 1. The van der Waals surface area contributed by atoms with Gasteiger partial charge in [-0.2, -0.15) is 0 Å². The molecule has 0 bridgehead atoms. The highest BCUT2D eigenvalue weighted by Gasteiger charge is 2.52. The number of aliphatic hydroxyl groups is 7. The minimum absolute atomic E-state index is 0.00120. The van der Waals surface area contributed by atoms with Crippen molar-refractivity contribution in [2.24, 2.45) is 17.2 Å². The van der Waals surface area contributed by atoms with Gasteiger partial charge in [-0.25, -0.2) is 0 Å². The van der Waals surface area contributed by atoms with E-state index in [9.17, 15) is 40.5 Å². The van der Waals surface area contributed by atoms with Crippen molar-refractivity contribution in [1.82, 2.24) is 5.32 Å². The molecule has 2 heterocycles. The van der Waals surface area contributed by atoms with Crippen LogP contribution in [-0.2, 0) is 23.7 Å². The number of ether oxygens (including phenoxy) is 4.